The smallest absolute Gasteiger partial charge is 0.179 e. The lowest BCUT2D eigenvalue weighted by atomic mass is 10.2. The van der Waals surface area contributed by atoms with Crippen molar-refractivity contribution in [2.45, 2.75) is 17.7 Å². The number of amidine groups is 1. The van der Waals surface area contributed by atoms with E-state index in [0.717, 1.165) is 12.5 Å². The molecule has 1 aliphatic rings. The van der Waals surface area contributed by atoms with E-state index in [-0.39, 0.29) is 16.5 Å². The number of nitrogens with two attached hydrogens (primary N) is 1. The third-order valence-electron chi connectivity index (χ3n) is 3.61. The number of nitrogens with zero attached hydrogens (tertiary/aromatic N) is 2. The maximum absolute atomic E-state index is 12.3. The molecular formula is C14H21N3O3S. The first-order chi connectivity index (χ1) is 9.92. The quantitative estimate of drug-likeness (QED) is 0.337. The summed E-state index contributed by atoms with van der Waals surface area (Å²) in [7, 11) is -1.42. The molecule has 1 aromatic carbocycles. The van der Waals surface area contributed by atoms with Crippen LogP contribution in [0, 0.1) is 5.92 Å². The molecule has 0 spiro atoms. The van der Waals surface area contributed by atoms with Crippen LogP contribution in [0.4, 0.5) is 0 Å². The third kappa shape index (κ3) is 4.44. The van der Waals surface area contributed by atoms with E-state index in [1.165, 1.54) is 25.0 Å². The van der Waals surface area contributed by atoms with Crippen LogP contribution < -0.4 is 5.73 Å². The molecule has 0 radical (unpaired) electrons. The number of hydrogen-bond donors (Lipinski definition) is 2. The van der Waals surface area contributed by atoms with Crippen molar-refractivity contribution in [3.05, 3.63) is 29.8 Å². The molecule has 116 valence electrons. The molecule has 6 nitrogen and oxygen atoms in total. The maximum atomic E-state index is 12.3. The Morgan fingerprint density at radius 2 is 2.19 bits per heavy atom. The predicted molar refractivity (Wildman–Crippen MR) is 81.2 cm³/mol. The average Bonchev–Trinajstić information content (AvgIpc) is 3.28. The van der Waals surface area contributed by atoms with Gasteiger partial charge in [-0.2, -0.15) is 0 Å². The minimum Gasteiger partial charge on any atom is -0.409 e. The zero-order valence-electron chi connectivity index (χ0n) is 12.1. The third-order valence-corrected chi connectivity index (χ3v) is 5.30. The molecule has 0 bridgehead atoms. The molecule has 2 rings (SSSR count). The molecule has 1 aliphatic carbocycles. The fourth-order valence-corrected chi connectivity index (χ4v) is 3.51. The number of benzene rings is 1. The van der Waals surface area contributed by atoms with Crippen molar-refractivity contribution < 1.29 is 13.6 Å². The molecule has 7 heteroatoms. The van der Waals surface area contributed by atoms with Crippen LogP contribution in [-0.4, -0.2) is 50.3 Å². The van der Waals surface area contributed by atoms with E-state index in [0.29, 0.717) is 12.1 Å². The van der Waals surface area contributed by atoms with Crippen LogP contribution in [0.25, 0.3) is 0 Å². The Kier molecular flexibility index (Phi) is 4.84. The van der Waals surface area contributed by atoms with E-state index in [1.54, 1.807) is 12.1 Å². The van der Waals surface area contributed by atoms with Gasteiger partial charge >= 0.3 is 0 Å². The summed E-state index contributed by atoms with van der Waals surface area (Å²) < 4.78 is 24.7. The second-order valence-corrected chi connectivity index (χ2v) is 7.65. The lowest BCUT2D eigenvalue weighted by Gasteiger charge is -2.16. The van der Waals surface area contributed by atoms with Gasteiger partial charge in [-0.25, -0.2) is 8.42 Å². The second kappa shape index (κ2) is 6.44. The summed E-state index contributed by atoms with van der Waals surface area (Å²) in [5.41, 5.74) is 5.88. The molecule has 0 unspecified atom stereocenters. The Labute approximate surface area is 125 Å². The van der Waals surface area contributed by atoms with E-state index in [1.807, 2.05) is 7.05 Å². The molecule has 1 saturated carbocycles. The molecule has 0 saturated heterocycles. The van der Waals surface area contributed by atoms with Crippen LogP contribution in [0.3, 0.4) is 0 Å². The summed E-state index contributed by atoms with van der Waals surface area (Å²) in [6, 6.07) is 6.16. The molecule has 0 amide bonds. The second-order valence-electron chi connectivity index (χ2n) is 5.54. The zero-order chi connectivity index (χ0) is 15.5. The van der Waals surface area contributed by atoms with Crippen LogP contribution >= 0.6 is 0 Å². The zero-order valence-corrected chi connectivity index (χ0v) is 12.9. The van der Waals surface area contributed by atoms with Crippen LogP contribution in [0.2, 0.25) is 0 Å². The molecule has 3 N–H and O–H groups in total. The van der Waals surface area contributed by atoms with E-state index in [2.05, 4.69) is 10.1 Å². The number of sulfone groups is 1. The Morgan fingerprint density at radius 3 is 2.81 bits per heavy atom. The lowest BCUT2D eigenvalue weighted by Crippen LogP contribution is -2.27. The molecule has 0 aromatic heterocycles. The summed E-state index contributed by atoms with van der Waals surface area (Å²) in [4.78, 5) is 2.26. The van der Waals surface area contributed by atoms with E-state index < -0.39 is 9.84 Å². The van der Waals surface area contributed by atoms with Gasteiger partial charge in [0.15, 0.2) is 15.7 Å². The maximum Gasteiger partial charge on any atom is 0.179 e. The number of rotatable bonds is 7. The van der Waals surface area contributed by atoms with Crippen molar-refractivity contribution in [1.29, 1.82) is 0 Å². The summed E-state index contributed by atoms with van der Waals surface area (Å²) in [5, 5.41) is 11.5. The minimum absolute atomic E-state index is 0.0653. The van der Waals surface area contributed by atoms with Gasteiger partial charge in [0.05, 0.1) is 10.6 Å². The Bertz CT molecular complexity index is 624. The Hall–Kier alpha value is -1.60. The van der Waals surface area contributed by atoms with E-state index in [9.17, 15) is 8.42 Å². The van der Waals surface area contributed by atoms with E-state index in [4.69, 9.17) is 10.9 Å². The number of hydrogen-bond acceptors (Lipinski definition) is 5. The van der Waals surface area contributed by atoms with Gasteiger partial charge in [0.25, 0.3) is 0 Å². The van der Waals surface area contributed by atoms with Gasteiger partial charge in [0.1, 0.15) is 0 Å². The van der Waals surface area contributed by atoms with Crippen molar-refractivity contribution in [3.63, 3.8) is 0 Å². The fourth-order valence-electron chi connectivity index (χ4n) is 2.13. The Balaban J connectivity index is 2.04. The van der Waals surface area contributed by atoms with E-state index >= 15 is 0 Å². The summed E-state index contributed by atoms with van der Waals surface area (Å²) in [5.74, 6) is 0.704. The Morgan fingerprint density at radius 1 is 1.48 bits per heavy atom. The topological polar surface area (TPSA) is 96.0 Å². The first-order valence-electron chi connectivity index (χ1n) is 6.91. The van der Waals surface area contributed by atoms with Gasteiger partial charge in [0, 0.05) is 18.7 Å². The van der Waals surface area contributed by atoms with Crippen LogP contribution in [0.15, 0.2) is 34.3 Å². The van der Waals surface area contributed by atoms with Gasteiger partial charge in [-0.1, -0.05) is 17.3 Å². The highest BCUT2D eigenvalue weighted by atomic mass is 32.2. The number of oxime groups is 1. The highest BCUT2D eigenvalue weighted by Crippen LogP contribution is 2.29. The SMILES string of the molecule is CN(CCS(=O)(=O)c1cccc(/C(N)=N/O)c1)CC1CC1. The molecule has 0 heterocycles. The highest BCUT2D eigenvalue weighted by Gasteiger charge is 2.23. The molecule has 0 aliphatic heterocycles. The molecule has 21 heavy (non-hydrogen) atoms. The highest BCUT2D eigenvalue weighted by molar-refractivity contribution is 7.91. The summed E-state index contributed by atoms with van der Waals surface area (Å²) in [6.07, 6.45) is 2.50. The normalized spacial score (nSPS) is 16.4. The van der Waals surface area contributed by atoms with Crippen molar-refractivity contribution in [2.24, 2.45) is 16.8 Å². The van der Waals surface area contributed by atoms with Gasteiger partial charge in [-0.05, 0) is 37.9 Å². The first-order valence-corrected chi connectivity index (χ1v) is 8.57. The monoisotopic (exact) mass is 311 g/mol. The van der Waals surface area contributed by atoms with Crippen molar-refractivity contribution in [1.82, 2.24) is 4.90 Å². The van der Waals surface area contributed by atoms with Crippen LogP contribution in [0.1, 0.15) is 18.4 Å². The largest absolute Gasteiger partial charge is 0.409 e. The molecular weight excluding hydrogens is 290 g/mol. The van der Waals surface area contributed by atoms with Gasteiger partial charge in [-0.15, -0.1) is 0 Å². The average molecular weight is 311 g/mol. The van der Waals surface area contributed by atoms with Crippen LogP contribution in [0.5, 0.6) is 0 Å². The molecule has 0 atom stereocenters. The predicted octanol–water partition coefficient (Wildman–Crippen LogP) is 0.897. The molecule has 1 aromatic rings. The van der Waals surface area contributed by atoms with Crippen LogP contribution in [-0.2, 0) is 9.84 Å². The van der Waals surface area contributed by atoms with Crippen molar-refractivity contribution >= 4 is 15.7 Å². The summed E-state index contributed by atoms with van der Waals surface area (Å²) in [6.45, 7) is 1.46. The van der Waals surface area contributed by atoms with Gasteiger partial charge < -0.3 is 15.8 Å². The standard InChI is InChI=1S/C14H21N3O3S/c1-17(10-11-5-6-11)7-8-21(19,20)13-4-2-3-12(9-13)14(15)16-18/h2-4,9,11,18H,5-8,10H2,1H3,(H2,15,16). The molecule has 1 fully saturated rings. The minimum atomic E-state index is -3.37. The van der Waals surface area contributed by atoms with Crippen molar-refractivity contribution in [2.75, 3.05) is 25.9 Å². The summed E-state index contributed by atoms with van der Waals surface area (Å²) >= 11 is 0. The first kappa shape index (κ1) is 15.8. The van der Waals surface area contributed by atoms with Gasteiger partial charge in [0.2, 0.25) is 0 Å². The van der Waals surface area contributed by atoms with Crippen molar-refractivity contribution in [3.8, 4) is 0 Å². The van der Waals surface area contributed by atoms with Gasteiger partial charge in [-0.3, -0.25) is 0 Å². The fraction of sp³-hybridized carbons (Fsp3) is 0.500. The lowest BCUT2D eigenvalue weighted by molar-refractivity contribution is 0.318.